The standard InChI is InChI=1S/C6H4F3NO2/c7-6(8,9)4-3(5(10)11)1-2-12-4/h1-2H,(H2,10,11). The lowest BCUT2D eigenvalue weighted by atomic mass is 10.2. The van der Waals surface area contributed by atoms with Gasteiger partial charge in [0.25, 0.3) is 5.91 Å². The van der Waals surface area contributed by atoms with E-state index in [4.69, 9.17) is 0 Å². The third-order valence-electron chi connectivity index (χ3n) is 1.19. The highest BCUT2D eigenvalue weighted by molar-refractivity contribution is 5.93. The van der Waals surface area contributed by atoms with Crippen molar-refractivity contribution >= 4 is 5.91 Å². The van der Waals surface area contributed by atoms with E-state index in [9.17, 15) is 18.0 Å². The fourth-order valence-corrected chi connectivity index (χ4v) is 0.723. The van der Waals surface area contributed by atoms with E-state index < -0.39 is 23.4 Å². The Bertz CT molecular complexity index is 302. The molecule has 6 heteroatoms. The molecule has 0 spiro atoms. The van der Waals surface area contributed by atoms with E-state index in [0.717, 1.165) is 12.3 Å². The minimum atomic E-state index is -4.67. The van der Waals surface area contributed by atoms with Gasteiger partial charge in [0.05, 0.1) is 11.8 Å². The Balaban J connectivity index is 3.17. The Hall–Kier alpha value is -1.46. The summed E-state index contributed by atoms with van der Waals surface area (Å²) in [5.41, 5.74) is 4.01. The van der Waals surface area contributed by atoms with Crippen LogP contribution in [-0.4, -0.2) is 5.91 Å². The molecule has 2 N–H and O–H groups in total. The summed E-state index contributed by atoms with van der Waals surface area (Å²) >= 11 is 0. The molecule has 0 unspecified atom stereocenters. The quantitative estimate of drug-likeness (QED) is 0.708. The minimum Gasteiger partial charge on any atom is -0.459 e. The van der Waals surface area contributed by atoms with E-state index in [1.807, 2.05) is 0 Å². The molecule has 0 aliphatic heterocycles. The second-order valence-corrected chi connectivity index (χ2v) is 2.03. The molecule has 1 rings (SSSR count). The van der Waals surface area contributed by atoms with Crippen LogP contribution < -0.4 is 5.73 Å². The number of carbonyl (C=O) groups excluding carboxylic acids is 1. The zero-order valence-electron chi connectivity index (χ0n) is 5.68. The fourth-order valence-electron chi connectivity index (χ4n) is 0.723. The summed E-state index contributed by atoms with van der Waals surface area (Å²) in [6, 6.07) is 0.880. The zero-order chi connectivity index (χ0) is 9.35. The third-order valence-corrected chi connectivity index (χ3v) is 1.19. The van der Waals surface area contributed by atoms with Gasteiger partial charge in [-0.1, -0.05) is 0 Å². The van der Waals surface area contributed by atoms with Gasteiger partial charge in [-0.2, -0.15) is 13.2 Å². The number of hydrogen-bond donors (Lipinski definition) is 1. The van der Waals surface area contributed by atoms with Crippen molar-refractivity contribution in [2.24, 2.45) is 5.73 Å². The lowest BCUT2D eigenvalue weighted by Gasteiger charge is -2.02. The molecule has 1 aromatic heterocycles. The lowest BCUT2D eigenvalue weighted by molar-refractivity contribution is -0.153. The first-order valence-corrected chi connectivity index (χ1v) is 2.87. The highest BCUT2D eigenvalue weighted by Gasteiger charge is 2.38. The van der Waals surface area contributed by atoms with Crippen molar-refractivity contribution in [1.29, 1.82) is 0 Å². The van der Waals surface area contributed by atoms with E-state index in [1.54, 1.807) is 0 Å². The molecule has 0 fully saturated rings. The topological polar surface area (TPSA) is 56.2 Å². The summed E-state index contributed by atoms with van der Waals surface area (Å²) in [6.45, 7) is 0. The molecular weight excluding hydrogens is 175 g/mol. The SMILES string of the molecule is NC(=O)c1ccoc1C(F)(F)F. The lowest BCUT2D eigenvalue weighted by Crippen LogP contribution is -2.16. The van der Waals surface area contributed by atoms with Crippen LogP contribution in [0.4, 0.5) is 13.2 Å². The molecule has 0 atom stereocenters. The third kappa shape index (κ3) is 1.41. The largest absolute Gasteiger partial charge is 0.459 e. The van der Waals surface area contributed by atoms with Gasteiger partial charge in [0, 0.05) is 0 Å². The first-order chi connectivity index (χ1) is 5.43. The Morgan fingerprint density at radius 1 is 1.50 bits per heavy atom. The molecule has 0 saturated carbocycles. The molecule has 0 aliphatic rings. The molecule has 1 aromatic rings. The maximum Gasteiger partial charge on any atom is 0.450 e. The van der Waals surface area contributed by atoms with Crippen molar-refractivity contribution in [1.82, 2.24) is 0 Å². The number of alkyl halides is 3. The van der Waals surface area contributed by atoms with Gasteiger partial charge in [-0.3, -0.25) is 4.79 Å². The molecule has 0 bridgehead atoms. The molecule has 0 radical (unpaired) electrons. The minimum absolute atomic E-state index is 0.650. The molecule has 0 aromatic carbocycles. The number of furan rings is 1. The van der Waals surface area contributed by atoms with Crippen LogP contribution in [-0.2, 0) is 6.18 Å². The number of carbonyl (C=O) groups is 1. The normalized spacial score (nSPS) is 11.6. The number of rotatable bonds is 1. The van der Waals surface area contributed by atoms with Crippen molar-refractivity contribution < 1.29 is 22.4 Å². The first-order valence-electron chi connectivity index (χ1n) is 2.87. The Morgan fingerprint density at radius 2 is 2.08 bits per heavy atom. The van der Waals surface area contributed by atoms with Gasteiger partial charge >= 0.3 is 6.18 Å². The summed E-state index contributed by atoms with van der Waals surface area (Å²) < 4.78 is 39.9. The summed E-state index contributed by atoms with van der Waals surface area (Å²) in [4.78, 5) is 10.4. The molecule has 1 heterocycles. The van der Waals surface area contributed by atoms with E-state index in [2.05, 4.69) is 10.2 Å². The van der Waals surface area contributed by atoms with Crippen molar-refractivity contribution in [2.75, 3.05) is 0 Å². The Labute approximate surface area is 65.0 Å². The van der Waals surface area contributed by atoms with E-state index >= 15 is 0 Å². The zero-order valence-corrected chi connectivity index (χ0v) is 5.68. The van der Waals surface area contributed by atoms with Crippen molar-refractivity contribution in [3.8, 4) is 0 Å². The maximum absolute atomic E-state index is 11.9. The average Bonchev–Trinajstić information content (AvgIpc) is 2.30. The van der Waals surface area contributed by atoms with Crippen LogP contribution in [0.5, 0.6) is 0 Å². The van der Waals surface area contributed by atoms with E-state index in [0.29, 0.717) is 0 Å². The van der Waals surface area contributed by atoms with Crippen LogP contribution in [0.25, 0.3) is 0 Å². The van der Waals surface area contributed by atoms with Gasteiger partial charge in [0.2, 0.25) is 5.76 Å². The highest BCUT2D eigenvalue weighted by atomic mass is 19.4. The molecule has 3 nitrogen and oxygen atoms in total. The van der Waals surface area contributed by atoms with Gasteiger partial charge in [0.1, 0.15) is 0 Å². The number of halogens is 3. The van der Waals surface area contributed by atoms with Gasteiger partial charge in [-0.05, 0) is 6.07 Å². The highest BCUT2D eigenvalue weighted by Crippen LogP contribution is 2.32. The van der Waals surface area contributed by atoms with Crippen molar-refractivity contribution in [3.05, 3.63) is 23.7 Å². The molecule has 0 aliphatic carbocycles. The van der Waals surface area contributed by atoms with Crippen molar-refractivity contribution in [3.63, 3.8) is 0 Å². The molecule has 12 heavy (non-hydrogen) atoms. The number of primary amides is 1. The molecule has 0 saturated heterocycles. The maximum atomic E-state index is 11.9. The summed E-state index contributed by atoms with van der Waals surface area (Å²) in [5.74, 6) is -2.51. The van der Waals surface area contributed by atoms with Gasteiger partial charge < -0.3 is 10.2 Å². The van der Waals surface area contributed by atoms with Crippen molar-refractivity contribution in [2.45, 2.75) is 6.18 Å². The van der Waals surface area contributed by atoms with Crippen LogP contribution in [0, 0.1) is 0 Å². The number of hydrogen-bond acceptors (Lipinski definition) is 2. The van der Waals surface area contributed by atoms with E-state index in [-0.39, 0.29) is 0 Å². The van der Waals surface area contributed by atoms with Gasteiger partial charge in [-0.15, -0.1) is 0 Å². The first kappa shape index (κ1) is 8.63. The monoisotopic (exact) mass is 179 g/mol. The molecule has 1 amide bonds. The van der Waals surface area contributed by atoms with Crippen LogP contribution in [0.1, 0.15) is 16.1 Å². The molecular formula is C6H4F3NO2. The summed E-state index contributed by atoms with van der Waals surface area (Å²) in [7, 11) is 0. The summed E-state index contributed by atoms with van der Waals surface area (Å²) in [6.07, 6.45) is -3.91. The average molecular weight is 179 g/mol. The predicted octanol–water partition coefficient (Wildman–Crippen LogP) is 1.40. The Kier molecular flexibility index (Phi) is 1.83. The Morgan fingerprint density at radius 3 is 2.42 bits per heavy atom. The van der Waals surface area contributed by atoms with Crippen LogP contribution in [0.3, 0.4) is 0 Å². The second-order valence-electron chi connectivity index (χ2n) is 2.03. The summed E-state index contributed by atoms with van der Waals surface area (Å²) in [5, 5.41) is 0. The van der Waals surface area contributed by atoms with Crippen LogP contribution in [0.15, 0.2) is 16.7 Å². The predicted molar refractivity (Wildman–Crippen MR) is 32.2 cm³/mol. The van der Waals surface area contributed by atoms with E-state index in [1.165, 1.54) is 0 Å². The van der Waals surface area contributed by atoms with Gasteiger partial charge in [-0.25, -0.2) is 0 Å². The smallest absolute Gasteiger partial charge is 0.450 e. The number of amides is 1. The number of nitrogens with two attached hydrogens (primary N) is 1. The van der Waals surface area contributed by atoms with Gasteiger partial charge in [0.15, 0.2) is 0 Å². The van der Waals surface area contributed by atoms with Crippen LogP contribution in [0.2, 0.25) is 0 Å². The fraction of sp³-hybridized carbons (Fsp3) is 0.167. The molecule has 66 valence electrons. The van der Waals surface area contributed by atoms with Crippen LogP contribution >= 0.6 is 0 Å². The second kappa shape index (κ2) is 2.54.